The molecule has 2 aliphatic heterocycles. The smallest absolute Gasteiger partial charge is 0.317 e. The third kappa shape index (κ3) is 3.54. The molecule has 2 atom stereocenters. The highest BCUT2D eigenvalue weighted by Gasteiger charge is 2.38. The number of sulfonamides is 1. The van der Waals surface area contributed by atoms with Crippen molar-refractivity contribution in [2.45, 2.75) is 17.0 Å². The Labute approximate surface area is 141 Å². The van der Waals surface area contributed by atoms with Gasteiger partial charge in [-0.15, -0.1) is 0 Å². The van der Waals surface area contributed by atoms with Crippen molar-refractivity contribution in [3.63, 3.8) is 0 Å². The van der Waals surface area contributed by atoms with Gasteiger partial charge in [0.05, 0.1) is 11.0 Å². The fourth-order valence-corrected chi connectivity index (χ4v) is 4.50. The number of aliphatic hydroxyl groups is 1. The Balaban J connectivity index is 1.55. The monoisotopic (exact) mass is 354 g/mol. The van der Waals surface area contributed by atoms with Crippen LogP contribution in [0.15, 0.2) is 35.2 Å². The fourth-order valence-electron chi connectivity index (χ4n) is 3.00. The Morgan fingerprint density at radius 1 is 1.25 bits per heavy atom. The number of β-amino-alcohol motifs (C(OH)–C–C–N with tert-alkyl or cyclic N) is 1. The molecule has 3 N–H and O–H groups in total. The van der Waals surface area contributed by atoms with Crippen LogP contribution in [0.1, 0.15) is 0 Å². The zero-order chi connectivity index (χ0) is 17.2. The van der Waals surface area contributed by atoms with E-state index in [0.717, 1.165) is 0 Å². The van der Waals surface area contributed by atoms with Crippen LogP contribution in [0, 0.1) is 0 Å². The minimum absolute atomic E-state index is 0.0685. The standard InChI is InChI=1S/C15H22N4O4S/c20-14-11-19(24(22,23)12-4-2-1-3-5-12)10-13(14)16-6-8-18-9-7-17-15(18)21/h1-5,13-14,16,20H,6-11H2,(H,17,21)/t13-,14-/m1/s1. The number of carbonyl (C=O) groups is 1. The lowest BCUT2D eigenvalue weighted by molar-refractivity contribution is 0.158. The number of urea groups is 1. The van der Waals surface area contributed by atoms with E-state index in [1.807, 2.05) is 0 Å². The number of rotatable bonds is 6. The van der Waals surface area contributed by atoms with E-state index in [1.54, 1.807) is 35.2 Å². The van der Waals surface area contributed by atoms with Gasteiger partial charge in [0, 0.05) is 45.3 Å². The van der Waals surface area contributed by atoms with Crippen LogP contribution >= 0.6 is 0 Å². The predicted octanol–water partition coefficient (Wildman–Crippen LogP) is -0.965. The van der Waals surface area contributed by atoms with Crippen molar-refractivity contribution in [1.29, 1.82) is 0 Å². The summed E-state index contributed by atoms with van der Waals surface area (Å²) in [5, 5.41) is 16.0. The third-order valence-corrected chi connectivity index (χ3v) is 6.22. The average molecular weight is 354 g/mol. The summed E-state index contributed by atoms with van der Waals surface area (Å²) in [6, 6.07) is 7.79. The van der Waals surface area contributed by atoms with Crippen LogP contribution in [-0.2, 0) is 10.0 Å². The molecule has 2 saturated heterocycles. The number of nitrogens with zero attached hydrogens (tertiary/aromatic N) is 2. The molecular formula is C15H22N4O4S. The molecule has 0 aromatic heterocycles. The van der Waals surface area contributed by atoms with Gasteiger partial charge in [-0.25, -0.2) is 13.2 Å². The van der Waals surface area contributed by atoms with Crippen LogP contribution < -0.4 is 10.6 Å². The lowest BCUT2D eigenvalue weighted by Crippen LogP contribution is -2.43. The number of benzene rings is 1. The van der Waals surface area contributed by atoms with Crippen molar-refractivity contribution in [2.75, 3.05) is 39.3 Å². The third-order valence-electron chi connectivity index (χ3n) is 4.37. The summed E-state index contributed by atoms with van der Waals surface area (Å²) in [6.45, 7) is 2.63. The molecule has 0 radical (unpaired) electrons. The molecule has 0 aliphatic carbocycles. The van der Waals surface area contributed by atoms with Gasteiger partial charge in [0.15, 0.2) is 0 Å². The van der Waals surface area contributed by atoms with Crippen molar-refractivity contribution in [3.05, 3.63) is 30.3 Å². The molecule has 0 bridgehead atoms. The summed E-state index contributed by atoms with van der Waals surface area (Å²) in [7, 11) is -3.60. The highest BCUT2D eigenvalue weighted by molar-refractivity contribution is 7.89. The van der Waals surface area contributed by atoms with Gasteiger partial charge in [-0.05, 0) is 12.1 Å². The van der Waals surface area contributed by atoms with Gasteiger partial charge in [-0.1, -0.05) is 18.2 Å². The Bertz CT molecular complexity index is 682. The van der Waals surface area contributed by atoms with Crippen molar-refractivity contribution < 1.29 is 18.3 Å². The Kier molecular flexibility index (Phi) is 5.04. The number of aliphatic hydroxyl groups excluding tert-OH is 1. The molecule has 2 heterocycles. The van der Waals surface area contributed by atoms with E-state index in [4.69, 9.17) is 0 Å². The summed E-state index contributed by atoms with van der Waals surface area (Å²) in [5.74, 6) is 0. The Morgan fingerprint density at radius 2 is 2.00 bits per heavy atom. The number of nitrogens with one attached hydrogen (secondary N) is 2. The first-order chi connectivity index (χ1) is 11.5. The molecule has 1 aromatic rings. The largest absolute Gasteiger partial charge is 0.390 e. The molecule has 9 heteroatoms. The Morgan fingerprint density at radius 3 is 2.67 bits per heavy atom. The summed E-state index contributed by atoms with van der Waals surface area (Å²) >= 11 is 0. The van der Waals surface area contributed by atoms with E-state index in [9.17, 15) is 18.3 Å². The highest BCUT2D eigenvalue weighted by Crippen LogP contribution is 2.21. The SMILES string of the molecule is O=C1NCCN1CCN[C@@H]1CN(S(=O)(=O)c2ccccc2)C[C@H]1O. The van der Waals surface area contributed by atoms with E-state index in [2.05, 4.69) is 10.6 Å². The average Bonchev–Trinajstić information content (AvgIpc) is 3.15. The first-order valence-electron chi connectivity index (χ1n) is 7.98. The zero-order valence-electron chi connectivity index (χ0n) is 13.3. The normalized spacial score (nSPS) is 25.2. The minimum atomic E-state index is -3.60. The fraction of sp³-hybridized carbons (Fsp3) is 0.533. The van der Waals surface area contributed by atoms with Crippen molar-refractivity contribution in [1.82, 2.24) is 19.8 Å². The molecule has 24 heavy (non-hydrogen) atoms. The number of hydrogen-bond donors (Lipinski definition) is 3. The lowest BCUT2D eigenvalue weighted by Gasteiger charge is -2.19. The second-order valence-electron chi connectivity index (χ2n) is 5.98. The lowest BCUT2D eigenvalue weighted by atomic mass is 10.2. The quantitative estimate of drug-likeness (QED) is 0.610. The summed E-state index contributed by atoms with van der Waals surface area (Å²) in [4.78, 5) is 13.4. The second-order valence-corrected chi connectivity index (χ2v) is 7.92. The maximum Gasteiger partial charge on any atom is 0.317 e. The summed E-state index contributed by atoms with van der Waals surface area (Å²) in [6.07, 6.45) is -0.768. The van der Waals surface area contributed by atoms with Crippen LogP contribution in [-0.4, -0.2) is 80.2 Å². The maximum absolute atomic E-state index is 12.6. The first kappa shape index (κ1) is 17.2. The number of carbonyl (C=O) groups excluding carboxylic acids is 1. The van der Waals surface area contributed by atoms with Crippen LogP contribution in [0.3, 0.4) is 0 Å². The second kappa shape index (κ2) is 7.06. The van der Waals surface area contributed by atoms with Crippen molar-refractivity contribution >= 4 is 16.1 Å². The van der Waals surface area contributed by atoms with Gasteiger partial charge in [0.25, 0.3) is 0 Å². The van der Waals surface area contributed by atoms with Crippen LogP contribution in [0.25, 0.3) is 0 Å². The van der Waals surface area contributed by atoms with Gasteiger partial charge in [0.2, 0.25) is 10.0 Å². The highest BCUT2D eigenvalue weighted by atomic mass is 32.2. The van der Waals surface area contributed by atoms with Crippen molar-refractivity contribution in [2.24, 2.45) is 0 Å². The van der Waals surface area contributed by atoms with E-state index in [-0.39, 0.29) is 30.1 Å². The van der Waals surface area contributed by atoms with E-state index < -0.39 is 16.1 Å². The van der Waals surface area contributed by atoms with Crippen LogP contribution in [0.2, 0.25) is 0 Å². The van der Waals surface area contributed by atoms with E-state index in [1.165, 1.54) is 4.31 Å². The van der Waals surface area contributed by atoms with Gasteiger partial charge < -0.3 is 20.6 Å². The summed E-state index contributed by atoms with van der Waals surface area (Å²) in [5.41, 5.74) is 0. The van der Waals surface area contributed by atoms with Crippen LogP contribution in [0.5, 0.6) is 0 Å². The van der Waals surface area contributed by atoms with E-state index >= 15 is 0 Å². The number of amides is 2. The molecule has 2 fully saturated rings. The molecular weight excluding hydrogens is 332 g/mol. The molecule has 2 amide bonds. The molecule has 132 valence electrons. The van der Waals surface area contributed by atoms with Gasteiger partial charge in [0.1, 0.15) is 0 Å². The van der Waals surface area contributed by atoms with E-state index in [0.29, 0.717) is 26.2 Å². The van der Waals surface area contributed by atoms with Crippen molar-refractivity contribution in [3.8, 4) is 0 Å². The molecule has 0 spiro atoms. The molecule has 1 aromatic carbocycles. The van der Waals surface area contributed by atoms with Gasteiger partial charge in [-0.3, -0.25) is 0 Å². The molecule has 8 nitrogen and oxygen atoms in total. The molecule has 3 rings (SSSR count). The number of hydrogen-bond acceptors (Lipinski definition) is 5. The molecule has 0 unspecified atom stereocenters. The first-order valence-corrected chi connectivity index (χ1v) is 9.42. The van der Waals surface area contributed by atoms with Crippen LogP contribution in [0.4, 0.5) is 4.79 Å². The zero-order valence-corrected chi connectivity index (χ0v) is 14.1. The predicted molar refractivity (Wildman–Crippen MR) is 88.0 cm³/mol. The Hall–Kier alpha value is -1.68. The van der Waals surface area contributed by atoms with Gasteiger partial charge in [-0.2, -0.15) is 4.31 Å². The summed E-state index contributed by atoms with van der Waals surface area (Å²) < 4.78 is 26.5. The maximum atomic E-state index is 12.6. The van der Waals surface area contributed by atoms with Gasteiger partial charge >= 0.3 is 6.03 Å². The topological polar surface area (TPSA) is 102 Å². The molecule has 0 saturated carbocycles. The molecule has 2 aliphatic rings. The minimum Gasteiger partial charge on any atom is -0.390 e.